The lowest BCUT2D eigenvalue weighted by molar-refractivity contribution is 0.277. The van der Waals surface area contributed by atoms with E-state index in [1.807, 2.05) is 6.07 Å². The standard InChI is InChI=1S/C8H13NOS/c1-6-2-3-8(11-6)7(9)4-5-10/h2-3,7,10H,4-5,9H2,1H3/t7-/m1/s1. The highest BCUT2D eigenvalue weighted by Gasteiger charge is 2.06. The molecule has 0 saturated carbocycles. The summed E-state index contributed by atoms with van der Waals surface area (Å²) >= 11 is 1.70. The highest BCUT2D eigenvalue weighted by atomic mass is 32.1. The summed E-state index contributed by atoms with van der Waals surface area (Å²) in [6.45, 7) is 2.22. The van der Waals surface area contributed by atoms with Gasteiger partial charge in [0.15, 0.2) is 0 Å². The van der Waals surface area contributed by atoms with Gasteiger partial charge in [-0.25, -0.2) is 0 Å². The number of aliphatic hydroxyl groups excluding tert-OH is 1. The van der Waals surface area contributed by atoms with Gasteiger partial charge in [-0.15, -0.1) is 11.3 Å². The fraction of sp³-hybridized carbons (Fsp3) is 0.500. The Morgan fingerprint density at radius 1 is 1.64 bits per heavy atom. The minimum absolute atomic E-state index is 0.0127. The SMILES string of the molecule is Cc1ccc([C@H](N)CCO)s1. The number of nitrogens with two attached hydrogens (primary N) is 1. The first-order valence-electron chi connectivity index (χ1n) is 3.67. The maximum absolute atomic E-state index is 8.63. The van der Waals surface area contributed by atoms with Crippen molar-refractivity contribution < 1.29 is 5.11 Å². The second-order valence-corrected chi connectivity index (χ2v) is 3.89. The lowest BCUT2D eigenvalue weighted by Crippen LogP contribution is -2.09. The first kappa shape index (κ1) is 8.71. The van der Waals surface area contributed by atoms with Crippen molar-refractivity contribution in [1.29, 1.82) is 0 Å². The third-order valence-corrected chi connectivity index (χ3v) is 2.70. The zero-order chi connectivity index (χ0) is 8.27. The Labute approximate surface area is 70.7 Å². The van der Waals surface area contributed by atoms with Crippen molar-refractivity contribution >= 4 is 11.3 Å². The molecule has 1 aromatic heterocycles. The lowest BCUT2D eigenvalue weighted by atomic mass is 10.2. The summed E-state index contributed by atoms with van der Waals surface area (Å²) < 4.78 is 0. The van der Waals surface area contributed by atoms with E-state index in [-0.39, 0.29) is 12.6 Å². The van der Waals surface area contributed by atoms with E-state index in [1.54, 1.807) is 11.3 Å². The van der Waals surface area contributed by atoms with Crippen LogP contribution < -0.4 is 5.73 Å². The van der Waals surface area contributed by atoms with E-state index in [9.17, 15) is 0 Å². The molecule has 0 unspecified atom stereocenters. The van der Waals surface area contributed by atoms with Crippen LogP contribution in [-0.4, -0.2) is 11.7 Å². The number of aryl methyl sites for hydroxylation is 1. The smallest absolute Gasteiger partial charge is 0.0449 e. The van der Waals surface area contributed by atoms with Gasteiger partial charge in [0.25, 0.3) is 0 Å². The van der Waals surface area contributed by atoms with Crippen molar-refractivity contribution in [3.05, 3.63) is 21.9 Å². The zero-order valence-electron chi connectivity index (χ0n) is 6.58. The van der Waals surface area contributed by atoms with Crippen molar-refractivity contribution in [2.24, 2.45) is 5.73 Å². The summed E-state index contributed by atoms with van der Waals surface area (Å²) in [4.78, 5) is 2.44. The van der Waals surface area contributed by atoms with Crippen LogP contribution in [0.1, 0.15) is 22.2 Å². The molecule has 0 fully saturated rings. The van der Waals surface area contributed by atoms with Crippen LogP contribution >= 0.6 is 11.3 Å². The Kier molecular flexibility index (Phi) is 3.05. The second-order valence-electron chi connectivity index (χ2n) is 2.57. The van der Waals surface area contributed by atoms with E-state index in [4.69, 9.17) is 10.8 Å². The van der Waals surface area contributed by atoms with Crippen LogP contribution in [0.4, 0.5) is 0 Å². The predicted molar refractivity (Wildman–Crippen MR) is 47.7 cm³/mol. The molecule has 0 spiro atoms. The monoisotopic (exact) mass is 171 g/mol. The van der Waals surface area contributed by atoms with Crippen molar-refractivity contribution in [1.82, 2.24) is 0 Å². The van der Waals surface area contributed by atoms with Crippen LogP contribution in [0.25, 0.3) is 0 Å². The Morgan fingerprint density at radius 2 is 2.36 bits per heavy atom. The number of rotatable bonds is 3. The minimum atomic E-state index is 0.0127. The number of hydrogen-bond acceptors (Lipinski definition) is 3. The van der Waals surface area contributed by atoms with Gasteiger partial charge in [0.1, 0.15) is 0 Å². The fourth-order valence-corrected chi connectivity index (χ4v) is 1.85. The Morgan fingerprint density at radius 3 is 2.82 bits per heavy atom. The normalized spacial score (nSPS) is 13.4. The van der Waals surface area contributed by atoms with Gasteiger partial charge < -0.3 is 10.8 Å². The largest absolute Gasteiger partial charge is 0.396 e. The molecule has 1 rings (SSSR count). The molecule has 0 aromatic carbocycles. The second kappa shape index (κ2) is 3.85. The van der Waals surface area contributed by atoms with Crippen molar-refractivity contribution in [3.8, 4) is 0 Å². The van der Waals surface area contributed by atoms with Gasteiger partial charge in [-0.3, -0.25) is 0 Å². The van der Waals surface area contributed by atoms with Crippen LogP contribution in [0.3, 0.4) is 0 Å². The van der Waals surface area contributed by atoms with E-state index in [1.165, 1.54) is 4.88 Å². The van der Waals surface area contributed by atoms with Gasteiger partial charge in [0.2, 0.25) is 0 Å². The molecule has 3 heteroatoms. The van der Waals surface area contributed by atoms with Gasteiger partial charge in [0.05, 0.1) is 0 Å². The third kappa shape index (κ3) is 2.29. The minimum Gasteiger partial charge on any atom is -0.396 e. The lowest BCUT2D eigenvalue weighted by Gasteiger charge is -2.05. The molecule has 0 aliphatic carbocycles. The maximum Gasteiger partial charge on any atom is 0.0449 e. The Bertz CT molecular complexity index is 222. The molecule has 0 bridgehead atoms. The average Bonchev–Trinajstić information content (AvgIpc) is 2.36. The highest BCUT2D eigenvalue weighted by molar-refractivity contribution is 7.12. The highest BCUT2D eigenvalue weighted by Crippen LogP contribution is 2.22. The molecule has 62 valence electrons. The van der Waals surface area contributed by atoms with Gasteiger partial charge in [-0.2, -0.15) is 0 Å². The van der Waals surface area contributed by atoms with Gasteiger partial charge in [-0.1, -0.05) is 0 Å². The summed E-state index contributed by atoms with van der Waals surface area (Å²) in [5.74, 6) is 0. The molecule has 1 aromatic rings. The van der Waals surface area contributed by atoms with E-state index < -0.39 is 0 Å². The van der Waals surface area contributed by atoms with Crippen LogP contribution in [0.2, 0.25) is 0 Å². The Balaban J connectivity index is 2.60. The average molecular weight is 171 g/mol. The van der Waals surface area contributed by atoms with Crippen molar-refractivity contribution in [2.45, 2.75) is 19.4 Å². The first-order chi connectivity index (χ1) is 5.24. The molecule has 0 aliphatic heterocycles. The quantitative estimate of drug-likeness (QED) is 0.723. The van der Waals surface area contributed by atoms with Crippen molar-refractivity contribution in [3.63, 3.8) is 0 Å². The number of aliphatic hydroxyl groups is 1. The molecule has 2 nitrogen and oxygen atoms in total. The molecule has 0 saturated heterocycles. The molecular weight excluding hydrogens is 158 g/mol. The summed E-state index contributed by atoms with van der Waals surface area (Å²) in [5, 5.41) is 8.63. The van der Waals surface area contributed by atoms with Crippen LogP contribution in [0.15, 0.2) is 12.1 Å². The topological polar surface area (TPSA) is 46.2 Å². The molecular formula is C8H13NOS. The van der Waals surface area contributed by atoms with E-state index >= 15 is 0 Å². The van der Waals surface area contributed by atoms with Crippen molar-refractivity contribution in [2.75, 3.05) is 6.61 Å². The summed E-state index contributed by atoms with van der Waals surface area (Å²) in [5.41, 5.74) is 5.77. The summed E-state index contributed by atoms with van der Waals surface area (Å²) in [7, 11) is 0. The van der Waals surface area contributed by atoms with Crippen LogP contribution in [-0.2, 0) is 0 Å². The van der Waals surface area contributed by atoms with Crippen LogP contribution in [0.5, 0.6) is 0 Å². The van der Waals surface area contributed by atoms with E-state index in [0.717, 1.165) is 4.88 Å². The maximum atomic E-state index is 8.63. The number of hydrogen-bond donors (Lipinski definition) is 2. The zero-order valence-corrected chi connectivity index (χ0v) is 7.40. The van der Waals surface area contributed by atoms with Gasteiger partial charge >= 0.3 is 0 Å². The molecule has 0 amide bonds. The Hall–Kier alpha value is -0.380. The van der Waals surface area contributed by atoms with E-state index in [2.05, 4.69) is 13.0 Å². The van der Waals surface area contributed by atoms with Gasteiger partial charge in [0, 0.05) is 22.4 Å². The number of thiophene rings is 1. The van der Waals surface area contributed by atoms with E-state index in [0.29, 0.717) is 6.42 Å². The summed E-state index contributed by atoms with van der Waals surface area (Å²) in [6, 6.07) is 4.09. The first-order valence-corrected chi connectivity index (χ1v) is 4.48. The third-order valence-electron chi connectivity index (χ3n) is 1.57. The molecule has 1 atom stereocenters. The molecule has 1 heterocycles. The van der Waals surface area contributed by atoms with Gasteiger partial charge in [-0.05, 0) is 25.5 Å². The molecule has 3 N–H and O–H groups in total. The molecule has 11 heavy (non-hydrogen) atoms. The fourth-order valence-electron chi connectivity index (χ4n) is 0.934. The summed E-state index contributed by atoms with van der Waals surface area (Å²) in [6.07, 6.45) is 0.653. The molecule has 0 radical (unpaired) electrons. The van der Waals surface area contributed by atoms with Crippen LogP contribution in [0, 0.1) is 6.92 Å². The predicted octanol–water partition coefficient (Wildman–Crippen LogP) is 1.44. The molecule has 0 aliphatic rings.